The van der Waals surface area contributed by atoms with Crippen molar-refractivity contribution >= 4 is 11.6 Å². The highest BCUT2D eigenvalue weighted by atomic mass is 16.4. The monoisotopic (exact) mass is 281 g/mol. The first-order valence-electron chi connectivity index (χ1n) is 6.79. The van der Waals surface area contributed by atoms with Crippen molar-refractivity contribution in [2.24, 2.45) is 0 Å². The molecule has 0 saturated heterocycles. The first-order chi connectivity index (χ1) is 10.1. The Morgan fingerprint density at radius 1 is 1.29 bits per heavy atom. The zero-order chi connectivity index (χ0) is 15.0. The van der Waals surface area contributed by atoms with Gasteiger partial charge in [0.05, 0.1) is 17.0 Å². The minimum atomic E-state index is -0.976. The fourth-order valence-electron chi connectivity index (χ4n) is 2.60. The van der Waals surface area contributed by atoms with Crippen molar-refractivity contribution in [3.05, 3.63) is 53.5 Å². The maximum absolute atomic E-state index is 11.3. The van der Waals surface area contributed by atoms with Gasteiger partial charge in [-0.25, -0.2) is 14.3 Å². The molecule has 5 nitrogen and oxygen atoms in total. The Morgan fingerprint density at radius 2 is 2.00 bits per heavy atom. The quantitative estimate of drug-likeness (QED) is 0.801. The summed E-state index contributed by atoms with van der Waals surface area (Å²) in [7, 11) is 0. The molecule has 0 unspecified atom stereocenters. The number of carboxylic acids is 1. The van der Waals surface area contributed by atoms with Crippen molar-refractivity contribution in [3.63, 3.8) is 0 Å². The molecule has 0 amide bonds. The molecule has 1 aromatic carbocycles. The van der Waals surface area contributed by atoms with Crippen molar-refractivity contribution in [3.8, 4) is 11.1 Å². The van der Waals surface area contributed by atoms with Gasteiger partial charge in [-0.05, 0) is 18.9 Å². The van der Waals surface area contributed by atoms with Gasteiger partial charge in [0.25, 0.3) is 0 Å². The third-order valence-corrected chi connectivity index (χ3v) is 3.55. The average molecular weight is 281 g/mol. The fraction of sp³-hybridized carbons (Fsp3) is 0.188. The minimum absolute atomic E-state index is 0.201. The lowest BCUT2D eigenvalue weighted by atomic mass is 10.1. The second-order valence-electron chi connectivity index (χ2n) is 4.84. The van der Waals surface area contributed by atoms with E-state index in [9.17, 15) is 9.90 Å². The lowest BCUT2D eigenvalue weighted by Crippen LogP contribution is -2.09. The average Bonchev–Trinajstić information content (AvgIpc) is 2.82. The van der Waals surface area contributed by atoms with Crippen LogP contribution in [0.5, 0.6) is 0 Å². The number of aromatic carboxylic acids is 1. The molecule has 0 spiro atoms. The van der Waals surface area contributed by atoms with Crippen LogP contribution in [0.1, 0.15) is 28.7 Å². The first kappa shape index (κ1) is 13.3. The second-order valence-corrected chi connectivity index (χ2v) is 4.84. The van der Waals surface area contributed by atoms with Gasteiger partial charge in [0.2, 0.25) is 0 Å². The van der Waals surface area contributed by atoms with E-state index in [0.29, 0.717) is 17.8 Å². The van der Waals surface area contributed by atoms with Crippen LogP contribution in [0.25, 0.3) is 16.8 Å². The van der Waals surface area contributed by atoms with Crippen molar-refractivity contribution in [2.75, 3.05) is 0 Å². The summed E-state index contributed by atoms with van der Waals surface area (Å²) in [6, 6.07) is 9.89. The normalized spacial score (nSPS) is 11.0. The summed E-state index contributed by atoms with van der Waals surface area (Å²) in [5.41, 5.74) is 4.38. The van der Waals surface area contributed by atoms with E-state index in [1.807, 2.05) is 44.2 Å². The highest BCUT2D eigenvalue weighted by molar-refractivity contribution is 5.90. The molecular formula is C16H15N3O2. The maximum Gasteiger partial charge on any atom is 0.339 e. The topological polar surface area (TPSA) is 67.5 Å². The Morgan fingerprint density at radius 3 is 2.62 bits per heavy atom. The number of carboxylic acid groups (broad SMARTS) is 1. The van der Waals surface area contributed by atoms with Crippen LogP contribution in [0.2, 0.25) is 0 Å². The number of hydrogen-bond acceptors (Lipinski definition) is 3. The van der Waals surface area contributed by atoms with E-state index in [2.05, 4.69) is 10.1 Å². The van der Waals surface area contributed by atoms with E-state index < -0.39 is 5.97 Å². The highest BCUT2D eigenvalue weighted by Crippen LogP contribution is 2.28. The largest absolute Gasteiger partial charge is 0.478 e. The molecule has 0 saturated carbocycles. The number of carbonyl (C=O) groups is 1. The molecule has 5 heteroatoms. The van der Waals surface area contributed by atoms with E-state index in [0.717, 1.165) is 16.8 Å². The molecular weight excluding hydrogens is 266 g/mol. The van der Waals surface area contributed by atoms with Crippen LogP contribution < -0.4 is 0 Å². The number of benzene rings is 1. The van der Waals surface area contributed by atoms with E-state index in [1.165, 1.54) is 6.20 Å². The van der Waals surface area contributed by atoms with Crippen molar-refractivity contribution in [1.29, 1.82) is 0 Å². The van der Waals surface area contributed by atoms with Gasteiger partial charge in [-0.15, -0.1) is 0 Å². The molecule has 0 aliphatic heterocycles. The molecule has 106 valence electrons. The molecule has 0 fully saturated rings. The van der Waals surface area contributed by atoms with Crippen LogP contribution in [0.3, 0.4) is 0 Å². The summed E-state index contributed by atoms with van der Waals surface area (Å²) in [4.78, 5) is 15.6. The number of fused-ring (bicyclic) bond motifs is 1. The Bertz CT molecular complexity index is 822. The molecule has 0 radical (unpaired) electrons. The Labute approximate surface area is 121 Å². The lowest BCUT2D eigenvalue weighted by Gasteiger charge is -2.06. The number of aromatic nitrogens is 3. The molecule has 0 bridgehead atoms. The number of hydrogen-bond donors (Lipinski definition) is 1. The van der Waals surface area contributed by atoms with Crippen molar-refractivity contribution in [1.82, 2.24) is 14.6 Å². The molecule has 0 aliphatic rings. The van der Waals surface area contributed by atoms with E-state index in [-0.39, 0.29) is 5.56 Å². The third kappa shape index (κ3) is 2.07. The summed E-state index contributed by atoms with van der Waals surface area (Å²) in [6.07, 6.45) is 2.00. The fourth-order valence-corrected chi connectivity index (χ4v) is 2.60. The van der Waals surface area contributed by atoms with E-state index >= 15 is 0 Å². The number of nitrogens with zero attached hydrogens (tertiary/aromatic N) is 3. The predicted molar refractivity (Wildman–Crippen MR) is 79.5 cm³/mol. The van der Waals surface area contributed by atoms with Crippen LogP contribution in [0.4, 0.5) is 0 Å². The summed E-state index contributed by atoms with van der Waals surface area (Å²) in [5.74, 6) is -0.976. The van der Waals surface area contributed by atoms with E-state index in [1.54, 1.807) is 4.52 Å². The van der Waals surface area contributed by atoms with E-state index in [4.69, 9.17) is 0 Å². The SMILES string of the molecule is CCc1c(C(=O)O)cnc2c(-c3ccccc3)c(C)nn12. The molecule has 21 heavy (non-hydrogen) atoms. The standard InChI is InChI=1S/C16H15N3O2/c1-3-13-12(16(20)21)9-17-15-14(10(2)18-19(13)15)11-7-5-4-6-8-11/h4-9H,3H2,1-2H3,(H,20,21). The Hall–Kier alpha value is -2.69. The smallest absolute Gasteiger partial charge is 0.339 e. The Kier molecular flexibility index (Phi) is 3.17. The molecule has 3 aromatic rings. The van der Waals surface area contributed by atoms with Crippen LogP contribution in [0.15, 0.2) is 36.5 Å². The van der Waals surface area contributed by atoms with Gasteiger partial charge in [-0.2, -0.15) is 5.10 Å². The van der Waals surface area contributed by atoms with Gasteiger partial charge in [0.1, 0.15) is 0 Å². The number of rotatable bonds is 3. The molecule has 2 heterocycles. The second kappa shape index (κ2) is 5.01. The lowest BCUT2D eigenvalue weighted by molar-refractivity contribution is 0.0694. The zero-order valence-electron chi connectivity index (χ0n) is 11.9. The molecule has 2 aromatic heterocycles. The van der Waals surface area contributed by atoms with Gasteiger partial charge in [0.15, 0.2) is 5.65 Å². The van der Waals surface area contributed by atoms with Crippen LogP contribution >= 0.6 is 0 Å². The highest BCUT2D eigenvalue weighted by Gasteiger charge is 2.19. The summed E-state index contributed by atoms with van der Waals surface area (Å²) in [5, 5.41) is 13.8. The van der Waals surface area contributed by atoms with Gasteiger partial charge in [-0.3, -0.25) is 0 Å². The summed E-state index contributed by atoms with van der Waals surface area (Å²) < 4.78 is 1.65. The van der Waals surface area contributed by atoms with Gasteiger partial charge >= 0.3 is 5.97 Å². The van der Waals surface area contributed by atoms with Crippen LogP contribution in [-0.4, -0.2) is 25.7 Å². The minimum Gasteiger partial charge on any atom is -0.478 e. The first-order valence-corrected chi connectivity index (χ1v) is 6.79. The Balaban J connectivity index is 2.35. The predicted octanol–water partition coefficient (Wildman–Crippen LogP) is 2.97. The summed E-state index contributed by atoms with van der Waals surface area (Å²) >= 11 is 0. The molecule has 0 atom stereocenters. The summed E-state index contributed by atoms with van der Waals surface area (Å²) in [6.45, 7) is 3.83. The van der Waals surface area contributed by atoms with Crippen LogP contribution in [-0.2, 0) is 6.42 Å². The van der Waals surface area contributed by atoms with Crippen molar-refractivity contribution in [2.45, 2.75) is 20.3 Å². The molecule has 0 aliphatic carbocycles. The van der Waals surface area contributed by atoms with Gasteiger partial charge in [-0.1, -0.05) is 37.3 Å². The van der Waals surface area contributed by atoms with Crippen molar-refractivity contribution < 1.29 is 9.90 Å². The molecule has 1 N–H and O–H groups in total. The maximum atomic E-state index is 11.3. The van der Waals surface area contributed by atoms with Gasteiger partial charge < -0.3 is 5.11 Å². The zero-order valence-corrected chi connectivity index (χ0v) is 11.9. The number of aryl methyl sites for hydroxylation is 2. The third-order valence-electron chi connectivity index (χ3n) is 3.55. The van der Waals surface area contributed by atoms with Gasteiger partial charge in [0, 0.05) is 11.8 Å². The molecule has 3 rings (SSSR count). The van der Waals surface area contributed by atoms with Crippen LogP contribution in [0, 0.1) is 6.92 Å².